The average molecular weight is 325 g/mol. The van der Waals surface area contributed by atoms with Crippen molar-refractivity contribution < 1.29 is 13.9 Å². The summed E-state index contributed by atoms with van der Waals surface area (Å²) >= 11 is 0. The Balaban J connectivity index is 1.90. The van der Waals surface area contributed by atoms with E-state index in [1.165, 1.54) is 12.1 Å². The molecule has 0 radical (unpaired) electrons. The summed E-state index contributed by atoms with van der Waals surface area (Å²) < 4.78 is 19.1. The molecule has 0 spiro atoms. The molecule has 124 valence electrons. The zero-order valence-corrected chi connectivity index (χ0v) is 13.9. The van der Waals surface area contributed by atoms with Crippen molar-refractivity contribution in [2.75, 3.05) is 6.61 Å². The van der Waals surface area contributed by atoms with E-state index in [0.29, 0.717) is 23.5 Å². The largest absolute Gasteiger partial charge is 0.493 e. The van der Waals surface area contributed by atoms with Gasteiger partial charge < -0.3 is 9.72 Å². The van der Waals surface area contributed by atoms with E-state index in [9.17, 15) is 9.18 Å². The van der Waals surface area contributed by atoms with Crippen LogP contribution in [0.15, 0.2) is 42.6 Å². The molecule has 0 saturated heterocycles. The maximum atomic E-state index is 13.5. The van der Waals surface area contributed by atoms with Gasteiger partial charge in [0.25, 0.3) is 0 Å². The number of carbonyl (C=O) groups excluding carboxylic acids is 1. The van der Waals surface area contributed by atoms with Crippen molar-refractivity contribution in [1.82, 2.24) is 4.98 Å². The smallest absolute Gasteiger partial charge is 0.169 e. The van der Waals surface area contributed by atoms with Gasteiger partial charge in [-0.1, -0.05) is 24.6 Å². The second kappa shape index (κ2) is 6.87. The highest BCUT2D eigenvalue weighted by atomic mass is 19.1. The van der Waals surface area contributed by atoms with E-state index >= 15 is 0 Å². The van der Waals surface area contributed by atoms with Crippen LogP contribution in [0.2, 0.25) is 0 Å². The highest BCUT2D eigenvalue weighted by molar-refractivity contribution is 6.08. The van der Waals surface area contributed by atoms with Crippen LogP contribution in [0.25, 0.3) is 10.9 Å². The molecule has 0 aliphatic rings. The number of hydrogen-bond acceptors (Lipinski definition) is 2. The summed E-state index contributed by atoms with van der Waals surface area (Å²) in [6, 6.07) is 10.3. The number of ketones is 1. The monoisotopic (exact) mass is 325 g/mol. The first-order chi connectivity index (χ1) is 11.6. The molecule has 1 aromatic heterocycles. The van der Waals surface area contributed by atoms with Crippen molar-refractivity contribution in [1.29, 1.82) is 0 Å². The predicted octanol–water partition coefficient (Wildman–Crippen LogP) is 4.83. The van der Waals surface area contributed by atoms with Crippen LogP contribution in [0, 0.1) is 12.7 Å². The van der Waals surface area contributed by atoms with Crippen molar-refractivity contribution in [2.24, 2.45) is 0 Å². The summed E-state index contributed by atoms with van der Waals surface area (Å²) in [4.78, 5) is 15.9. The average Bonchev–Trinajstić information content (AvgIpc) is 2.98. The lowest BCUT2D eigenvalue weighted by Gasteiger charge is -2.10. The zero-order chi connectivity index (χ0) is 17.1. The molecule has 2 aromatic carbocycles. The minimum absolute atomic E-state index is 0.0141. The van der Waals surface area contributed by atoms with Crippen molar-refractivity contribution in [2.45, 2.75) is 26.7 Å². The van der Waals surface area contributed by atoms with E-state index in [4.69, 9.17) is 4.74 Å². The number of rotatable bonds is 6. The Bertz CT molecular complexity index is 882. The Morgan fingerprint density at radius 2 is 2.04 bits per heavy atom. The second-order valence-corrected chi connectivity index (χ2v) is 5.95. The number of aromatic amines is 1. The number of ether oxygens (including phenoxy) is 1. The van der Waals surface area contributed by atoms with E-state index in [1.807, 2.05) is 32.0 Å². The molecular formula is C20H20FNO2. The molecule has 3 aromatic rings. The molecule has 3 nitrogen and oxygen atoms in total. The van der Waals surface area contributed by atoms with Gasteiger partial charge in [-0.3, -0.25) is 4.79 Å². The third-order valence-electron chi connectivity index (χ3n) is 3.98. The van der Waals surface area contributed by atoms with Gasteiger partial charge in [-0.15, -0.1) is 0 Å². The molecule has 24 heavy (non-hydrogen) atoms. The summed E-state index contributed by atoms with van der Waals surface area (Å²) in [5.41, 5.74) is 3.40. The standard InChI is InChI=1S/C20H20FNO2/c1-3-8-24-20-11-15(21)6-5-14(20)10-19(23)17-12-22-18-7-4-13(2)9-16(17)18/h4-7,9,11-12,22H,3,8,10H2,1-2H3. The molecule has 1 heterocycles. The van der Waals surface area contributed by atoms with Crippen molar-refractivity contribution in [3.63, 3.8) is 0 Å². The molecule has 0 saturated carbocycles. The van der Waals surface area contributed by atoms with Crippen LogP contribution in [0.3, 0.4) is 0 Å². The first-order valence-corrected chi connectivity index (χ1v) is 8.10. The zero-order valence-electron chi connectivity index (χ0n) is 13.9. The van der Waals surface area contributed by atoms with Gasteiger partial charge in [0.2, 0.25) is 0 Å². The number of aromatic nitrogens is 1. The van der Waals surface area contributed by atoms with Crippen LogP contribution in [0.1, 0.15) is 34.8 Å². The third-order valence-corrected chi connectivity index (χ3v) is 3.98. The normalized spacial score (nSPS) is 11.0. The number of nitrogens with one attached hydrogen (secondary N) is 1. The highest BCUT2D eigenvalue weighted by Gasteiger charge is 2.16. The van der Waals surface area contributed by atoms with Crippen LogP contribution in [-0.2, 0) is 6.42 Å². The van der Waals surface area contributed by atoms with E-state index in [-0.39, 0.29) is 18.0 Å². The summed E-state index contributed by atoms with van der Waals surface area (Å²) in [6.07, 6.45) is 2.74. The first kappa shape index (κ1) is 16.2. The van der Waals surface area contributed by atoms with Crippen molar-refractivity contribution in [3.8, 4) is 5.75 Å². The molecule has 0 amide bonds. The van der Waals surface area contributed by atoms with Gasteiger partial charge >= 0.3 is 0 Å². The Labute approximate surface area is 140 Å². The topological polar surface area (TPSA) is 42.1 Å². The fourth-order valence-corrected chi connectivity index (χ4v) is 2.75. The maximum Gasteiger partial charge on any atom is 0.169 e. The lowest BCUT2D eigenvalue weighted by Crippen LogP contribution is -2.06. The Hall–Kier alpha value is -2.62. The molecule has 3 rings (SSSR count). The van der Waals surface area contributed by atoms with Crippen molar-refractivity contribution >= 4 is 16.7 Å². The van der Waals surface area contributed by atoms with Crippen LogP contribution < -0.4 is 4.74 Å². The number of halogens is 1. The van der Waals surface area contributed by atoms with Gasteiger partial charge in [0.05, 0.1) is 6.61 Å². The minimum Gasteiger partial charge on any atom is -0.493 e. The number of carbonyl (C=O) groups is 1. The van der Waals surface area contributed by atoms with Gasteiger partial charge in [0, 0.05) is 40.7 Å². The molecule has 0 atom stereocenters. The molecule has 0 unspecified atom stereocenters. The van der Waals surface area contributed by atoms with Crippen LogP contribution in [0.5, 0.6) is 5.75 Å². The SMILES string of the molecule is CCCOc1cc(F)ccc1CC(=O)c1c[nH]c2ccc(C)cc12. The Morgan fingerprint density at radius 3 is 2.83 bits per heavy atom. The van der Waals surface area contributed by atoms with Gasteiger partial charge in [-0.05, 0) is 31.5 Å². The summed E-state index contributed by atoms with van der Waals surface area (Å²) in [7, 11) is 0. The van der Waals surface area contributed by atoms with E-state index in [1.54, 1.807) is 12.3 Å². The number of hydrogen-bond donors (Lipinski definition) is 1. The van der Waals surface area contributed by atoms with E-state index in [2.05, 4.69) is 4.98 Å². The Morgan fingerprint density at radius 1 is 1.21 bits per heavy atom. The second-order valence-electron chi connectivity index (χ2n) is 5.95. The summed E-state index contributed by atoms with van der Waals surface area (Å²) in [5, 5.41) is 0.915. The van der Waals surface area contributed by atoms with E-state index in [0.717, 1.165) is 22.9 Å². The van der Waals surface area contributed by atoms with Crippen LogP contribution in [-0.4, -0.2) is 17.4 Å². The molecule has 0 fully saturated rings. The lowest BCUT2D eigenvalue weighted by atomic mass is 10.0. The fourth-order valence-electron chi connectivity index (χ4n) is 2.75. The Kier molecular flexibility index (Phi) is 4.65. The molecular weight excluding hydrogens is 305 g/mol. The molecule has 0 aliphatic carbocycles. The summed E-state index contributed by atoms with van der Waals surface area (Å²) in [6.45, 7) is 4.48. The van der Waals surface area contributed by atoms with Gasteiger partial charge in [-0.2, -0.15) is 0 Å². The van der Waals surface area contributed by atoms with Crippen LogP contribution in [0.4, 0.5) is 4.39 Å². The number of aryl methyl sites for hydroxylation is 1. The quantitative estimate of drug-likeness (QED) is 0.660. The van der Waals surface area contributed by atoms with Crippen LogP contribution >= 0.6 is 0 Å². The van der Waals surface area contributed by atoms with E-state index < -0.39 is 0 Å². The fraction of sp³-hybridized carbons (Fsp3) is 0.250. The third kappa shape index (κ3) is 3.32. The minimum atomic E-state index is -0.361. The van der Waals surface area contributed by atoms with Gasteiger partial charge in [0.15, 0.2) is 5.78 Å². The number of H-pyrrole nitrogens is 1. The number of benzene rings is 2. The maximum absolute atomic E-state index is 13.5. The number of fused-ring (bicyclic) bond motifs is 1. The summed E-state index contributed by atoms with van der Waals surface area (Å²) in [5.74, 6) is 0.0704. The number of Topliss-reactive ketones (excluding diaryl/α,β-unsaturated/α-hetero) is 1. The van der Waals surface area contributed by atoms with Gasteiger partial charge in [0.1, 0.15) is 11.6 Å². The lowest BCUT2D eigenvalue weighted by molar-refractivity contribution is 0.0993. The predicted molar refractivity (Wildman–Crippen MR) is 93.3 cm³/mol. The molecule has 0 bridgehead atoms. The van der Waals surface area contributed by atoms with Crippen molar-refractivity contribution in [3.05, 3.63) is 65.1 Å². The molecule has 0 aliphatic heterocycles. The first-order valence-electron chi connectivity index (χ1n) is 8.10. The molecule has 1 N–H and O–H groups in total. The highest BCUT2D eigenvalue weighted by Crippen LogP contribution is 2.25. The molecule has 4 heteroatoms. The van der Waals surface area contributed by atoms with Gasteiger partial charge in [-0.25, -0.2) is 4.39 Å².